The summed E-state index contributed by atoms with van der Waals surface area (Å²) in [6, 6.07) is 67.2. The molecular formula is C51H37N5O. The van der Waals surface area contributed by atoms with Gasteiger partial charge in [0.2, 0.25) is 0 Å². The predicted molar refractivity (Wildman–Crippen MR) is 233 cm³/mol. The smallest absolute Gasteiger partial charge is 0.142 e. The summed E-state index contributed by atoms with van der Waals surface area (Å²) in [4.78, 5) is 0. The Morgan fingerprint density at radius 3 is 1.72 bits per heavy atom. The third-order valence-corrected chi connectivity index (χ3v) is 11.8. The summed E-state index contributed by atoms with van der Waals surface area (Å²) in [7, 11) is 0. The van der Waals surface area contributed by atoms with Crippen molar-refractivity contribution in [2.45, 2.75) is 18.6 Å². The van der Waals surface area contributed by atoms with Crippen LogP contribution in [0.4, 0.5) is 0 Å². The molecule has 8 aromatic carbocycles. The van der Waals surface area contributed by atoms with E-state index >= 15 is 0 Å². The average Bonchev–Trinajstić information content (AvgIpc) is 3.94. The Balaban J connectivity index is 1.00. The molecule has 0 spiro atoms. The minimum atomic E-state index is -0.222. The van der Waals surface area contributed by atoms with Crippen molar-refractivity contribution in [3.05, 3.63) is 199 Å². The van der Waals surface area contributed by atoms with Crippen molar-refractivity contribution in [1.29, 1.82) is 0 Å². The van der Waals surface area contributed by atoms with Gasteiger partial charge in [0, 0.05) is 38.0 Å². The van der Waals surface area contributed by atoms with Crippen LogP contribution in [0.1, 0.15) is 29.7 Å². The normalized spacial score (nSPS) is 17.4. The fraction of sp³-hybridized carbons (Fsp3) is 0.0588. The molecule has 1 fully saturated rings. The Hall–Kier alpha value is -6.96. The molecule has 0 bridgehead atoms. The average molecular weight is 736 g/mol. The van der Waals surface area contributed by atoms with Crippen LogP contribution in [-0.2, 0) is 0 Å². The Kier molecular flexibility index (Phi) is 7.25. The second-order valence-electron chi connectivity index (χ2n) is 15.0. The highest BCUT2D eigenvalue weighted by molar-refractivity contribution is 6.12. The molecule has 0 aliphatic carbocycles. The summed E-state index contributed by atoms with van der Waals surface area (Å²) in [5, 5.41) is 19.0. The lowest BCUT2D eigenvalue weighted by Crippen LogP contribution is -2.56. The molecule has 0 amide bonds. The van der Waals surface area contributed by atoms with Crippen LogP contribution in [0.3, 0.4) is 0 Å². The van der Waals surface area contributed by atoms with Gasteiger partial charge in [0.05, 0.1) is 34.4 Å². The molecule has 6 heteroatoms. The van der Waals surface area contributed by atoms with Crippen LogP contribution < -0.4 is 16.0 Å². The van der Waals surface area contributed by atoms with E-state index in [-0.39, 0.29) is 18.6 Å². The number of nitrogens with zero attached hydrogens (tertiary/aromatic N) is 2. The standard InChI is InChI=1S/C51H37N5O/c1-3-14-32(15-4-1)49-52-50(54-51(53-49)56-43-23-11-7-18-36(43)37-19-8-12-24-44(37)56)39-21-13-25-47-48(39)41-31-34(27-29-46(41)57-47)33-26-28-45-40(30-33)38-20-9-10-22-42(38)55(45)35-16-5-2-6-17-35/h1-31,49-54H. The minimum Gasteiger partial charge on any atom is -0.456 e. The van der Waals surface area contributed by atoms with Gasteiger partial charge in [-0.2, -0.15) is 0 Å². The highest BCUT2D eigenvalue weighted by Crippen LogP contribution is 2.40. The van der Waals surface area contributed by atoms with Gasteiger partial charge in [0.25, 0.3) is 0 Å². The number of benzene rings is 8. The fourth-order valence-corrected chi connectivity index (χ4v) is 9.31. The number of aromatic nitrogens is 2. The third-order valence-electron chi connectivity index (χ3n) is 11.8. The van der Waals surface area contributed by atoms with E-state index in [4.69, 9.17) is 4.42 Å². The monoisotopic (exact) mass is 735 g/mol. The molecule has 0 radical (unpaired) electrons. The second kappa shape index (κ2) is 12.8. The first-order valence-corrected chi connectivity index (χ1v) is 19.6. The zero-order valence-electron chi connectivity index (χ0n) is 30.9. The molecule has 3 atom stereocenters. The summed E-state index contributed by atoms with van der Waals surface area (Å²) in [5.41, 5.74) is 12.3. The van der Waals surface area contributed by atoms with Crippen LogP contribution >= 0.6 is 0 Å². The van der Waals surface area contributed by atoms with Gasteiger partial charge in [-0.3, -0.25) is 16.0 Å². The Morgan fingerprint density at radius 2 is 0.982 bits per heavy atom. The number of hydrogen-bond donors (Lipinski definition) is 3. The van der Waals surface area contributed by atoms with Crippen molar-refractivity contribution in [2.75, 3.05) is 0 Å². The van der Waals surface area contributed by atoms with Crippen molar-refractivity contribution in [3.63, 3.8) is 0 Å². The van der Waals surface area contributed by atoms with Crippen molar-refractivity contribution in [1.82, 2.24) is 25.1 Å². The summed E-state index contributed by atoms with van der Waals surface area (Å²) in [6.45, 7) is 0. The lowest BCUT2D eigenvalue weighted by Gasteiger charge is -2.40. The number of para-hydroxylation sites is 4. The van der Waals surface area contributed by atoms with E-state index in [9.17, 15) is 0 Å². The summed E-state index contributed by atoms with van der Waals surface area (Å²) >= 11 is 0. The van der Waals surface area contributed by atoms with Gasteiger partial charge >= 0.3 is 0 Å². The number of nitrogens with one attached hydrogen (secondary N) is 3. The van der Waals surface area contributed by atoms with Crippen molar-refractivity contribution >= 4 is 65.6 Å². The quantitative estimate of drug-likeness (QED) is 0.165. The molecule has 0 saturated carbocycles. The van der Waals surface area contributed by atoms with Crippen LogP contribution in [0.25, 0.3) is 82.4 Å². The first kappa shape index (κ1) is 32.3. The number of furan rings is 1. The lowest BCUT2D eigenvalue weighted by molar-refractivity contribution is 0.161. The van der Waals surface area contributed by atoms with Gasteiger partial charge in [-0.25, -0.2) is 0 Å². The van der Waals surface area contributed by atoms with Gasteiger partial charge < -0.3 is 13.6 Å². The van der Waals surface area contributed by atoms with E-state index in [1.54, 1.807) is 0 Å². The van der Waals surface area contributed by atoms with Gasteiger partial charge in [0.15, 0.2) is 0 Å². The van der Waals surface area contributed by atoms with Gasteiger partial charge in [-0.05, 0) is 82.9 Å². The van der Waals surface area contributed by atoms with Crippen LogP contribution in [0.5, 0.6) is 0 Å². The largest absolute Gasteiger partial charge is 0.456 e. The van der Waals surface area contributed by atoms with Gasteiger partial charge in [-0.1, -0.05) is 127 Å². The number of hydrogen-bond acceptors (Lipinski definition) is 4. The summed E-state index contributed by atoms with van der Waals surface area (Å²) in [6.07, 6.45) is -0.564. The molecule has 1 aliphatic heterocycles. The molecule has 57 heavy (non-hydrogen) atoms. The highest BCUT2D eigenvalue weighted by Gasteiger charge is 2.33. The van der Waals surface area contributed by atoms with Gasteiger partial charge in [-0.15, -0.1) is 0 Å². The first-order chi connectivity index (χ1) is 28.3. The van der Waals surface area contributed by atoms with Crippen LogP contribution in [0.15, 0.2) is 192 Å². The zero-order valence-corrected chi connectivity index (χ0v) is 30.9. The van der Waals surface area contributed by atoms with E-state index in [1.807, 2.05) is 0 Å². The summed E-state index contributed by atoms with van der Waals surface area (Å²) < 4.78 is 11.4. The molecule has 11 aromatic rings. The van der Waals surface area contributed by atoms with Crippen LogP contribution in [0, 0.1) is 0 Å². The number of rotatable bonds is 5. The molecule has 3 N–H and O–H groups in total. The maximum absolute atomic E-state index is 6.60. The first-order valence-electron chi connectivity index (χ1n) is 19.6. The molecule has 272 valence electrons. The highest BCUT2D eigenvalue weighted by atomic mass is 16.3. The lowest BCUT2D eigenvalue weighted by atomic mass is 9.98. The topological polar surface area (TPSA) is 59.1 Å². The third kappa shape index (κ3) is 5.09. The molecule has 1 aliphatic rings. The Labute approximate surface area is 328 Å². The molecule has 12 rings (SSSR count). The van der Waals surface area contributed by atoms with Crippen LogP contribution in [-0.4, -0.2) is 9.13 Å². The van der Waals surface area contributed by atoms with E-state index < -0.39 is 0 Å². The molecule has 3 unspecified atom stereocenters. The minimum absolute atomic E-state index is 0.129. The van der Waals surface area contributed by atoms with Crippen molar-refractivity contribution < 1.29 is 4.42 Å². The Morgan fingerprint density at radius 1 is 0.404 bits per heavy atom. The number of fused-ring (bicyclic) bond motifs is 9. The molecule has 3 aromatic heterocycles. The SMILES string of the molecule is c1ccc(C2NC(c3cccc4oc5ccc(-c6ccc7c(c6)c6ccccc6n7-c6ccccc6)cc5c34)NC(n3c4ccccc4c4ccccc43)N2)cc1. The van der Waals surface area contributed by atoms with Crippen molar-refractivity contribution in [2.24, 2.45) is 0 Å². The van der Waals surface area contributed by atoms with Gasteiger partial charge in [0.1, 0.15) is 17.5 Å². The summed E-state index contributed by atoms with van der Waals surface area (Å²) in [5.74, 6) is 0. The van der Waals surface area contributed by atoms with Crippen LogP contribution in [0.2, 0.25) is 0 Å². The van der Waals surface area contributed by atoms with E-state index in [0.717, 1.165) is 38.8 Å². The molecule has 6 nitrogen and oxygen atoms in total. The predicted octanol–water partition coefficient (Wildman–Crippen LogP) is 12.1. The molecule has 4 heterocycles. The second-order valence-corrected chi connectivity index (χ2v) is 15.0. The van der Waals surface area contributed by atoms with E-state index in [1.165, 1.54) is 54.7 Å². The Bertz CT molecular complexity index is 3250. The van der Waals surface area contributed by atoms with Crippen molar-refractivity contribution in [3.8, 4) is 16.8 Å². The zero-order chi connectivity index (χ0) is 37.5. The molecule has 1 saturated heterocycles. The maximum Gasteiger partial charge on any atom is 0.142 e. The van der Waals surface area contributed by atoms with E-state index in [2.05, 4.69) is 213 Å². The fourth-order valence-electron chi connectivity index (χ4n) is 9.31. The molecular weight excluding hydrogens is 699 g/mol. The van der Waals surface area contributed by atoms with E-state index in [0.29, 0.717) is 0 Å². The maximum atomic E-state index is 6.60.